The summed E-state index contributed by atoms with van der Waals surface area (Å²) in [6.45, 7) is 4.20. The summed E-state index contributed by atoms with van der Waals surface area (Å²) in [7, 11) is 0. The molecule has 0 radical (unpaired) electrons. The van der Waals surface area contributed by atoms with Crippen LogP contribution in [0.3, 0.4) is 0 Å². The van der Waals surface area contributed by atoms with Crippen LogP contribution in [0.4, 0.5) is 0 Å². The number of esters is 1. The minimum atomic E-state index is -0.0784. The molecule has 1 N–H and O–H groups in total. The van der Waals surface area contributed by atoms with Crippen LogP contribution in [-0.2, 0) is 16.1 Å². The Hall–Kier alpha value is -0.870. The third-order valence-corrected chi connectivity index (χ3v) is 3.31. The van der Waals surface area contributed by atoms with Crippen molar-refractivity contribution in [2.45, 2.75) is 39.2 Å². The van der Waals surface area contributed by atoms with Gasteiger partial charge in [0, 0.05) is 17.4 Å². The van der Waals surface area contributed by atoms with E-state index < -0.39 is 0 Å². The number of hydrogen-bond donors (Lipinski definition) is 1. The van der Waals surface area contributed by atoms with Crippen LogP contribution in [0.15, 0.2) is 28.7 Å². The summed E-state index contributed by atoms with van der Waals surface area (Å²) in [6, 6.07) is 8.32. The standard InChI is InChI=1S/C15H22BrNO2/c1-2-19-15(18)6-4-3-5-11-17-12-13-7-9-14(16)10-8-13/h7-10,17H,2-6,11-12H2,1H3. The van der Waals surface area contributed by atoms with Gasteiger partial charge in [-0.2, -0.15) is 0 Å². The lowest BCUT2D eigenvalue weighted by atomic mass is 10.2. The summed E-state index contributed by atoms with van der Waals surface area (Å²) in [6.07, 6.45) is 3.61. The van der Waals surface area contributed by atoms with Crippen LogP contribution in [0.2, 0.25) is 0 Å². The zero-order valence-electron chi connectivity index (χ0n) is 11.5. The molecule has 1 aromatic rings. The second kappa shape index (κ2) is 9.98. The first-order valence-corrected chi connectivity index (χ1v) is 7.62. The minimum Gasteiger partial charge on any atom is -0.466 e. The highest BCUT2D eigenvalue weighted by Gasteiger charge is 2.00. The van der Waals surface area contributed by atoms with Gasteiger partial charge in [0.15, 0.2) is 0 Å². The van der Waals surface area contributed by atoms with E-state index >= 15 is 0 Å². The van der Waals surface area contributed by atoms with Crippen LogP contribution in [0.1, 0.15) is 38.2 Å². The van der Waals surface area contributed by atoms with E-state index in [2.05, 4.69) is 45.5 Å². The Morgan fingerprint density at radius 3 is 2.63 bits per heavy atom. The van der Waals surface area contributed by atoms with Gasteiger partial charge in [0.05, 0.1) is 6.61 Å². The van der Waals surface area contributed by atoms with Crippen molar-refractivity contribution in [1.29, 1.82) is 0 Å². The molecule has 0 spiro atoms. The van der Waals surface area contributed by atoms with Crippen LogP contribution < -0.4 is 5.32 Å². The molecular formula is C15H22BrNO2. The Labute approximate surface area is 123 Å². The molecule has 4 heteroatoms. The van der Waals surface area contributed by atoms with E-state index in [1.165, 1.54) is 5.56 Å². The SMILES string of the molecule is CCOC(=O)CCCCCNCc1ccc(Br)cc1. The number of nitrogens with one attached hydrogen (secondary N) is 1. The Balaban J connectivity index is 1.96. The molecule has 0 aliphatic carbocycles. The lowest BCUT2D eigenvalue weighted by molar-refractivity contribution is -0.143. The number of rotatable bonds is 9. The smallest absolute Gasteiger partial charge is 0.305 e. The lowest BCUT2D eigenvalue weighted by Gasteiger charge is -2.05. The third-order valence-electron chi connectivity index (χ3n) is 2.78. The van der Waals surface area contributed by atoms with E-state index in [1.807, 2.05) is 6.92 Å². The van der Waals surface area contributed by atoms with Crippen LogP contribution in [-0.4, -0.2) is 19.1 Å². The van der Waals surface area contributed by atoms with Gasteiger partial charge in [-0.3, -0.25) is 4.79 Å². The average molecular weight is 328 g/mol. The fraction of sp³-hybridized carbons (Fsp3) is 0.533. The van der Waals surface area contributed by atoms with E-state index in [9.17, 15) is 4.79 Å². The normalized spacial score (nSPS) is 10.4. The van der Waals surface area contributed by atoms with Gasteiger partial charge in [-0.25, -0.2) is 0 Å². The zero-order valence-corrected chi connectivity index (χ0v) is 13.0. The van der Waals surface area contributed by atoms with Gasteiger partial charge in [-0.1, -0.05) is 34.5 Å². The molecule has 0 amide bonds. The number of benzene rings is 1. The summed E-state index contributed by atoms with van der Waals surface area (Å²) in [4.78, 5) is 11.1. The number of hydrogen-bond acceptors (Lipinski definition) is 3. The van der Waals surface area contributed by atoms with Gasteiger partial charge >= 0.3 is 5.97 Å². The predicted molar refractivity (Wildman–Crippen MR) is 80.9 cm³/mol. The molecule has 0 fully saturated rings. The van der Waals surface area contributed by atoms with E-state index in [0.717, 1.165) is 36.8 Å². The molecule has 0 saturated heterocycles. The van der Waals surface area contributed by atoms with Gasteiger partial charge < -0.3 is 10.1 Å². The van der Waals surface area contributed by atoms with Crippen LogP contribution in [0.25, 0.3) is 0 Å². The van der Waals surface area contributed by atoms with Crippen LogP contribution in [0.5, 0.6) is 0 Å². The molecule has 0 aliphatic heterocycles. The predicted octanol–water partition coefficient (Wildman–Crippen LogP) is 3.66. The topological polar surface area (TPSA) is 38.3 Å². The maximum atomic E-state index is 11.1. The largest absolute Gasteiger partial charge is 0.466 e. The second-order valence-corrected chi connectivity index (χ2v) is 5.33. The molecule has 0 aliphatic rings. The maximum absolute atomic E-state index is 11.1. The molecular weight excluding hydrogens is 306 g/mol. The number of carbonyl (C=O) groups is 1. The molecule has 3 nitrogen and oxygen atoms in total. The fourth-order valence-corrected chi connectivity index (χ4v) is 2.03. The molecule has 0 aromatic heterocycles. The molecule has 0 atom stereocenters. The van der Waals surface area contributed by atoms with Crippen LogP contribution >= 0.6 is 15.9 Å². The highest BCUT2D eigenvalue weighted by Crippen LogP contribution is 2.10. The third kappa shape index (κ3) is 8.01. The molecule has 0 bridgehead atoms. The van der Waals surface area contributed by atoms with Crippen molar-refractivity contribution in [3.05, 3.63) is 34.3 Å². The Morgan fingerprint density at radius 1 is 1.21 bits per heavy atom. The van der Waals surface area contributed by atoms with Crippen molar-refractivity contribution < 1.29 is 9.53 Å². The lowest BCUT2D eigenvalue weighted by Crippen LogP contribution is -2.14. The molecule has 106 valence electrons. The first kappa shape index (κ1) is 16.2. The molecule has 19 heavy (non-hydrogen) atoms. The van der Waals surface area contributed by atoms with E-state index in [4.69, 9.17) is 4.74 Å². The van der Waals surface area contributed by atoms with Gasteiger partial charge in [0.1, 0.15) is 0 Å². The van der Waals surface area contributed by atoms with Crippen molar-refractivity contribution in [1.82, 2.24) is 5.32 Å². The van der Waals surface area contributed by atoms with Crippen molar-refractivity contribution >= 4 is 21.9 Å². The van der Waals surface area contributed by atoms with E-state index in [-0.39, 0.29) is 5.97 Å². The summed E-state index contributed by atoms with van der Waals surface area (Å²) in [5.41, 5.74) is 1.29. The fourth-order valence-electron chi connectivity index (χ4n) is 1.76. The van der Waals surface area contributed by atoms with Crippen LogP contribution in [0, 0.1) is 0 Å². The molecule has 0 unspecified atom stereocenters. The van der Waals surface area contributed by atoms with Crippen molar-refractivity contribution in [3.8, 4) is 0 Å². The first-order valence-electron chi connectivity index (χ1n) is 6.83. The summed E-state index contributed by atoms with van der Waals surface area (Å²) in [5.74, 6) is -0.0784. The van der Waals surface area contributed by atoms with Crippen molar-refractivity contribution in [2.24, 2.45) is 0 Å². The second-order valence-electron chi connectivity index (χ2n) is 4.42. The Kier molecular flexibility index (Phi) is 8.50. The van der Waals surface area contributed by atoms with Gasteiger partial charge in [-0.05, 0) is 44.0 Å². The zero-order chi connectivity index (χ0) is 13.9. The number of unbranched alkanes of at least 4 members (excludes halogenated alkanes) is 2. The number of halogens is 1. The maximum Gasteiger partial charge on any atom is 0.305 e. The Bertz CT molecular complexity index is 365. The first-order chi connectivity index (χ1) is 9.22. The molecule has 1 rings (SSSR count). The van der Waals surface area contributed by atoms with E-state index in [0.29, 0.717) is 13.0 Å². The van der Waals surface area contributed by atoms with Gasteiger partial charge in [0.2, 0.25) is 0 Å². The summed E-state index contributed by atoms with van der Waals surface area (Å²) < 4.78 is 5.99. The number of carbonyl (C=O) groups excluding carboxylic acids is 1. The highest BCUT2D eigenvalue weighted by molar-refractivity contribution is 9.10. The monoisotopic (exact) mass is 327 g/mol. The molecule has 1 aromatic carbocycles. The number of ether oxygens (including phenoxy) is 1. The quantitative estimate of drug-likeness (QED) is 0.555. The van der Waals surface area contributed by atoms with Gasteiger partial charge in [-0.15, -0.1) is 0 Å². The molecule has 0 saturated carbocycles. The minimum absolute atomic E-state index is 0.0784. The highest BCUT2D eigenvalue weighted by atomic mass is 79.9. The summed E-state index contributed by atoms with van der Waals surface area (Å²) >= 11 is 3.42. The molecule has 0 heterocycles. The van der Waals surface area contributed by atoms with Crippen molar-refractivity contribution in [3.63, 3.8) is 0 Å². The Morgan fingerprint density at radius 2 is 1.95 bits per heavy atom. The van der Waals surface area contributed by atoms with Gasteiger partial charge in [0.25, 0.3) is 0 Å². The summed E-state index contributed by atoms with van der Waals surface area (Å²) in [5, 5.41) is 3.40. The van der Waals surface area contributed by atoms with E-state index in [1.54, 1.807) is 0 Å². The van der Waals surface area contributed by atoms with Crippen molar-refractivity contribution in [2.75, 3.05) is 13.2 Å². The average Bonchev–Trinajstić information content (AvgIpc) is 2.40.